The van der Waals surface area contributed by atoms with Crippen molar-refractivity contribution in [2.45, 2.75) is 32.0 Å². The van der Waals surface area contributed by atoms with Crippen LogP contribution in [0.1, 0.15) is 24.1 Å². The van der Waals surface area contributed by atoms with Crippen molar-refractivity contribution >= 4 is 17.4 Å². The largest absolute Gasteiger partial charge is 0.479 e. The van der Waals surface area contributed by atoms with E-state index in [2.05, 4.69) is 9.97 Å². The highest BCUT2D eigenvalue weighted by atomic mass is 19.1. The van der Waals surface area contributed by atoms with Gasteiger partial charge in [0.1, 0.15) is 5.69 Å². The van der Waals surface area contributed by atoms with Crippen LogP contribution in [0.3, 0.4) is 0 Å². The maximum absolute atomic E-state index is 14.9. The molecule has 2 aromatic rings. The maximum atomic E-state index is 14.9. The molecule has 2 aliphatic rings. The first-order valence-corrected chi connectivity index (χ1v) is 8.75. The summed E-state index contributed by atoms with van der Waals surface area (Å²) in [5, 5.41) is 0. The molecule has 1 fully saturated rings. The van der Waals surface area contributed by atoms with Crippen LogP contribution in [0.5, 0.6) is 11.8 Å². The van der Waals surface area contributed by atoms with Crippen molar-refractivity contribution in [2.24, 2.45) is 5.73 Å². The smallest absolute Gasteiger partial charge is 0.329 e. The number of nitrogens with zero attached hydrogens (tertiary/aromatic N) is 4. The molecule has 0 radical (unpaired) electrons. The van der Waals surface area contributed by atoms with E-state index in [1.54, 1.807) is 17.2 Å². The van der Waals surface area contributed by atoms with E-state index < -0.39 is 35.1 Å². The van der Waals surface area contributed by atoms with Crippen LogP contribution >= 0.6 is 0 Å². The predicted octanol–water partition coefficient (Wildman–Crippen LogP) is 2.34. The molecular formula is C18H19F2N5O3. The first kappa shape index (κ1) is 18.4. The summed E-state index contributed by atoms with van der Waals surface area (Å²) < 4.78 is 39.6. The zero-order valence-electron chi connectivity index (χ0n) is 15.4. The topological polar surface area (TPSA) is 93.8 Å². The van der Waals surface area contributed by atoms with Crippen LogP contribution in [0.15, 0.2) is 12.3 Å². The monoisotopic (exact) mass is 391 g/mol. The summed E-state index contributed by atoms with van der Waals surface area (Å²) in [6, 6.07) is 1.19. The van der Waals surface area contributed by atoms with E-state index in [0.29, 0.717) is 16.9 Å². The fourth-order valence-corrected chi connectivity index (χ4v) is 3.30. The zero-order valence-corrected chi connectivity index (χ0v) is 15.4. The molecular weight excluding hydrogens is 372 g/mol. The second-order valence-corrected chi connectivity index (χ2v) is 6.59. The van der Waals surface area contributed by atoms with E-state index in [1.807, 2.05) is 0 Å². The van der Waals surface area contributed by atoms with Gasteiger partial charge in [0.05, 0.1) is 32.1 Å². The molecule has 3 heterocycles. The van der Waals surface area contributed by atoms with Crippen LogP contribution in [0, 0.1) is 11.6 Å². The second kappa shape index (κ2) is 6.86. The standard InChI is InChI=1S/C18H19F2N5O3/c1-27-16-13(19)15(14(20)17(23-16)28-2)24-8-9-7-22-10(6-21)5-12(9)25(18(24)26)11-3-4-11/h5,7,11H,3-4,6,8,21H2,1-2H3. The van der Waals surface area contributed by atoms with Gasteiger partial charge in [0.2, 0.25) is 11.6 Å². The summed E-state index contributed by atoms with van der Waals surface area (Å²) in [4.78, 5) is 23.7. The minimum Gasteiger partial charge on any atom is -0.479 e. The molecule has 148 valence electrons. The molecule has 1 aliphatic heterocycles. The number of carbonyl (C=O) groups excluding carboxylic acids is 1. The molecule has 10 heteroatoms. The summed E-state index contributed by atoms with van der Waals surface area (Å²) in [5.41, 5.74) is 7.08. The Labute approximate surface area is 159 Å². The van der Waals surface area contributed by atoms with E-state index in [-0.39, 0.29) is 19.1 Å². The van der Waals surface area contributed by atoms with Crippen molar-refractivity contribution < 1.29 is 23.0 Å². The third-order valence-electron chi connectivity index (χ3n) is 4.82. The fourth-order valence-electron chi connectivity index (χ4n) is 3.30. The molecule has 4 rings (SSSR count). The molecule has 0 bridgehead atoms. The van der Waals surface area contributed by atoms with E-state index in [0.717, 1.165) is 17.7 Å². The predicted molar refractivity (Wildman–Crippen MR) is 96.5 cm³/mol. The molecule has 0 unspecified atom stereocenters. The summed E-state index contributed by atoms with van der Waals surface area (Å²) >= 11 is 0. The van der Waals surface area contributed by atoms with Gasteiger partial charge in [0, 0.05) is 24.3 Å². The minimum absolute atomic E-state index is 0.0289. The number of pyridine rings is 2. The van der Waals surface area contributed by atoms with E-state index in [9.17, 15) is 13.6 Å². The molecule has 8 nitrogen and oxygen atoms in total. The van der Waals surface area contributed by atoms with Gasteiger partial charge in [0.15, 0.2) is 0 Å². The summed E-state index contributed by atoms with van der Waals surface area (Å²) in [5.74, 6) is -3.05. The van der Waals surface area contributed by atoms with Gasteiger partial charge in [-0.25, -0.2) is 4.79 Å². The number of carbonyl (C=O) groups is 1. The lowest BCUT2D eigenvalue weighted by molar-refractivity contribution is 0.249. The number of methoxy groups -OCH3 is 2. The Morgan fingerprint density at radius 2 is 1.86 bits per heavy atom. The van der Waals surface area contributed by atoms with Crippen LogP contribution in [-0.4, -0.2) is 36.3 Å². The number of amides is 2. The number of anilines is 2. The van der Waals surface area contributed by atoms with Gasteiger partial charge in [-0.2, -0.15) is 13.8 Å². The van der Waals surface area contributed by atoms with Crippen LogP contribution < -0.4 is 25.0 Å². The van der Waals surface area contributed by atoms with Crippen LogP contribution in [-0.2, 0) is 13.1 Å². The third kappa shape index (κ3) is 2.80. The molecule has 2 amide bonds. The maximum Gasteiger partial charge on any atom is 0.329 e. The van der Waals surface area contributed by atoms with Crippen molar-refractivity contribution in [1.29, 1.82) is 0 Å². The molecule has 0 spiro atoms. The number of hydrogen-bond acceptors (Lipinski definition) is 6. The van der Waals surface area contributed by atoms with Crippen LogP contribution in [0.25, 0.3) is 0 Å². The lowest BCUT2D eigenvalue weighted by atomic mass is 10.1. The molecule has 2 N–H and O–H groups in total. The lowest BCUT2D eigenvalue weighted by Gasteiger charge is -2.37. The summed E-state index contributed by atoms with van der Waals surface area (Å²) in [6.45, 7) is 0.172. The van der Waals surface area contributed by atoms with E-state index in [4.69, 9.17) is 15.2 Å². The Bertz CT molecular complexity index is 923. The third-order valence-corrected chi connectivity index (χ3v) is 4.82. The van der Waals surface area contributed by atoms with Crippen molar-refractivity contribution in [1.82, 2.24) is 9.97 Å². The van der Waals surface area contributed by atoms with Crippen molar-refractivity contribution in [3.8, 4) is 11.8 Å². The molecule has 0 atom stereocenters. The number of hydrogen-bond donors (Lipinski definition) is 1. The number of halogens is 2. The quantitative estimate of drug-likeness (QED) is 0.841. The Morgan fingerprint density at radius 3 is 2.39 bits per heavy atom. The zero-order chi connectivity index (χ0) is 20.0. The van der Waals surface area contributed by atoms with Gasteiger partial charge in [-0.05, 0) is 18.9 Å². The number of fused-ring (bicyclic) bond motifs is 1. The number of urea groups is 1. The number of rotatable bonds is 5. The van der Waals surface area contributed by atoms with Gasteiger partial charge in [0.25, 0.3) is 11.8 Å². The molecule has 1 saturated carbocycles. The normalized spacial score (nSPS) is 16.2. The van der Waals surface area contributed by atoms with Crippen molar-refractivity contribution in [2.75, 3.05) is 24.0 Å². The number of ether oxygens (including phenoxy) is 2. The van der Waals surface area contributed by atoms with Gasteiger partial charge >= 0.3 is 6.03 Å². The second-order valence-electron chi connectivity index (χ2n) is 6.59. The highest BCUT2D eigenvalue weighted by molar-refractivity contribution is 6.07. The minimum atomic E-state index is -1.07. The first-order chi connectivity index (χ1) is 13.5. The molecule has 28 heavy (non-hydrogen) atoms. The highest BCUT2D eigenvalue weighted by Crippen LogP contribution is 2.42. The highest BCUT2D eigenvalue weighted by Gasteiger charge is 2.43. The van der Waals surface area contributed by atoms with Gasteiger partial charge in [-0.3, -0.25) is 14.8 Å². The van der Waals surface area contributed by atoms with Crippen molar-refractivity contribution in [3.05, 3.63) is 35.2 Å². The number of nitrogens with two attached hydrogens (primary N) is 1. The molecule has 0 aromatic carbocycles. The average molecular weight is 391 g/mol. The van der Waals surface area contributed by atoms with Crippen LogP contribution in [0.2, 0.25) is 0 Å². The lowest BCUT2D eigenvalue weighted by Crippen LogP contribution is -2.49. The molecule has 1 aliphatic carbocycles. The summed E-state index contributed by atoms with van der Waals surface area (Å²) in [6.07, 6.45) is 3.21. The SMILES string of the molecule is COc1nc(OC)c(F)c(N2Cc3cnc(CN)cc3N(C3CC3)C2=O)c1F. The molecule has 2 aromatic heterocycles. The Balaban J connectivity index is 1.87. The summed E-state index contributed by atoms with van der Waals surface area (Å²) in [7, 11) is 2.41. The Morgan fingerprint density at radius 1 is 1.21 bits per heavy atom. The van der Waals surface area contributed by atoms with Gasteiger partial charge in [-0.15, -0.1) is 0 Å². The number of aromatic nitrogens is 2. The van der Waals surface area contributed by atoms with Crippen LogP contribution in [0.4, 0.5) is 25.0 Å². The Hall–Kier alpha value is -3.01. The van der Waals surface area contributed by atoms with Gasteiger partial charge in [-0.1, -0.05) is 0 Å². The van der Waals surface area contributed by atoms with Gasteiger partial charge < -0.3 is 15.2 Å². The fraction of sp³-hybridized carbons (Fsp3) is 0.389. The average Bonchev–Trinajstić information content (AvgIpc) is 3.53. The Kier molecular flexibility index (Phi) is 4.50. The molecule has 0 saturated heterocycles. The first-order valence-electron chi connectivity index (χ1n) is 8.75. The van der Waals surface area contributed by atoms with Crippen molar-refractivity contribution in [3.63, 3.8) is 0 Å². The van der Waals surface area contributed by atoms with E-state index >= 15 is 0 Å². The van der Waals surface area contributed by atoms with E-state index in [1.165, 1.54) is 14.2 Å².